The van der Waals surface area contributed by atoms with Gasteiger partial charge in [-0.1, -0.05) is 50.7 Å². The third-order valence-electron chi connectivity index (χ3n) is 5.03. The van der Waals surface area contributed by atoms with E-state index in [1.165, 1.54) is 6.92 Å². The molecule has 4 rings (SSSR count). The second-order valence-corrected chi connectivity index (χ2v) is 9.23. The van der Waals surface area contributed by atoms with E-state index in [1.807, 2.05) is 48.5 Å². The SMILES string of the molecule is CCCOc1ccc([C@@H]2Oc3nc(SCC(C)C)nnc3-c3ccccc3N2C(C)=O)cc1. The topological polar surface area (TPSA) is 77.4 Å². The first-order valence-corrected chi connectivity index (χ1v) is 12.1. The molecule has 1 aromatic heterocycles. The zero-order valence-corrected chi connectivity index (χ0v) is 20.1. The van der Waals surface area contributed by atoms with Crippen molar-refractivity contribution in [1.82, 2.24) is 15.2 Å². The average Bonchev–Trinajstić information content (AvgIpc) is 2.96. The van der Waals surface area contributed by atoms with E-state index >= 15 is 0 Å². The van der Waals surface area contributed by atoms with Crippen molar-refractivity contribution in [2.45, 2.75) is 45.5 Å². The maximum atomic E-state index is 12.9. The number of fused-ring (bicyclic) bond motifs is 3. The van der Waals surface area contributed by atoms with Gasteiger partial charge >= 0.3 is 0 Å². The lowest BCUT2D eigenvalue weighted by atomic mass is 10.1. The van der Waals surface area contributed by atoms with Gasteiger partial charge in [-0.15, -0.1) is 10.2 Å². The number of nitrogens with zero attached hydrogens (tertiary/aromatic N) is 4. The van der Waals surface area contributed by atoms with Crippen LogP contribution in [0.4, 0.5) is 5.69 Å². The van der Waals surface area contributed by atoms with Crippen LogP contribution in [-0.2, 0) is 4.79 Å². The van der Waals surface area contributed by atoms with E-state index in [2.05, 4.69) is 36.0 Å². The van der Waals surface area contributed by atoms with Gasteiger partial charge in [0.2, 0.25) is 23.2 Å². The Balaban J connectivity index is 1.79. The first-order chi connectivity index (χ1) is 16.0. The normalized spacial score (nSPS) is 14.8. The number of benzene rings is 2. The van der Waals surface area contributed by atoms with E-state index in [-0.39, 0.29) is 5.91 Å². The summed E-state index contributed by atoms with van der Waals surface area (Å²) in [6.45, 7) is 8.54. The highest BCUT2D eigenvalue weighted by Crippen LogP contribution is 2.43. The van der Waals surface area contributed by atoms with Crippen molar-refractivity contribution in [3.05, 3.63) is 54.1 Å². The summed E-state index contributed by atoms with van der Waals surface area (Å²) in [5, 5.41) is 9.32. The van der Waals surface area contributed by atoms with Crippen LogP contribution in [0.2, 0.25) is 0 Å². The number of ether oxygens (including phenoxy) is 2. The number of carbonyl (C=O) groups excluding carboxylic acids is 1. The molecule has 0 saturated heterocycles. The highest BCUT2D eigenvalue weighted by molar-refractivity contribution is 7.99. The summed E-state index contributed by atoms with van der Waals surface area (Å²) in [6, 6.07) is 15.2. The minimum absolute atomic E-state index is 0.145. The monoisotopic (exact) mass is 464 g/mol. The third-order valence-corrected chi connectivity index (χ3v) is 6.30. The minimum Gasteiger partial charge on any atom is -0.494 e. The molecule has 1 aliphatic rings. The molecule has 3 aromatic rings. The van der Waals surface area contributed by atoms with Crippen molar-refractivity contribution in [1.29, 1.82) is 0 Å². The number of aromatic nitrogens is 3. The van der Waals surface area contributed by atoms with E-state index in [0.29, 0.717) is 34.9 Å². The Hall–Kier alpha value is -3.13. The van der Waals surface area contributed by atoms with E-state index in [1.54, 1.807) is 16.7 Å². The Morgan fingerprint density at radius 2 is 1.91 bits per heavy atom. The number of anilines is 1. The van der Waals surface area contributed by atoms with Crippen molar-refractivity contribution in [2.24, 2.45) is 5.92 Å². The molecule has 0 fully saturated rings. The molecule has 0 aliphatic carbocycles. The van der Waals surface area contributed by atoms with Gasteiger partial charge in [-0.25, -0.2) is 0 Å². The number of hydrogen-bond acceptors (Lipinski definition) is 7. The highest BCUT2D eigenvalue weighted by Gasteiger charge is 2.34. The zero-order valence-electron chi connectivity index (χ0n) is 19.3. The molecular formula is C25H28N4O3S. The summed E-state index contributed by atoms with van der Waals surface area (Å²) in [6.07, 6.45) is 0.230. The van der Waals surface area contributed by atoms with Gasteiger partial charge in [-0.2, -0.15) is 4.98 Å². The lowest BCUT2D eigenvalue weighted by Crippen LogP contribution is -2.36. The Kier molecular flexibility index (Phi) is 7.13. The molecule has 33 heavy (non-hydrogen) atoms. The predicted octanol–water partition coefficient (Wildman–Crippen LogP) is 5.52. The van der Waals surface area contributed by atoms with Crippen LogP contribution in [0.3, 0.4) is 0 Å². The van der Waals surface area contributed by atoms with E-state index in [4.69, 9.17) is 9.47 Å². The molecule has 172 valence electrons. The van der Waals surface area contributed by atoms with Crippen LogP contribution < -0.4 is 14.4 Å². The second kappa shape index (κ2) is 10.2. The van der Waals surface area contributed by atoms with Crippen LogP contribution in [0.5, 0.6) is 11.6 Å². The molecule has 0 saturated carbocycles. The van der Waals surface area contributed by atoms with Gasteiger partial charge in [0.25, 0.3) is 0 Å². The largest absolute Gasteiger partial charge is 0.494 e. The minimum atomic E-state index is -0.704. The molecular weight excluding hydrogens is 436 g/mol. The van der Waals surface area contributed by atoms with Crippen molar-refractivity contribution in [2.75, 3.05) is 17.3 Å². The van der Waals surface area contributed by atoms with Gasteiger partial charge in [-0.3, -0.25) is 9.69 Å². The van der Waals surface area contributed by atoms with Gasteiger partial charge in [0, 0.05) is 23.8 Å². The van der Waals surface area contributed by atoms with Crippen LogP contribution in [-0.4, -0.2) is 33.4 Å². The molecule has 0 bridgehead atoms. The first-order valence-electron chi connectivity index (χ1n) is 11.1. The molecule has 0 unspecified atom stereocenters. The number of carbonyl (C=O) groups is 1. The third kappa shape index (κ3) is 5.11. The molecule has 7 nitrogen and oxygen atoms in total. The lowest BCUT2D eigenvalue weighted by molar-refractivity contribution is -0.118. The smallest absolute Gasteiger partial charge is 0.247 e. The quantitative estimate of drug-likeness (QED) is 0.426. The molecule has 1 amide bonds. The maximum absolute atomic E-state index is 12.9. The van der Waals surface area contributed by atoms with Gasteiger partial charge < -0.3 is 9.47 Å². The first kappa shape index (κ1) is 23.0. The predicted molar refractivity (Wildman–Crippen MR) is 130 cm³/mol. The average molecular weight is 465 g/mol. The van der Waals surface area contributed by atoms with E-state index in [9.17, 15) is 4.79 Å². The molecule has 8 heteroatoms. The second-order valence-electron chi connectivity index (χ2n) is 8.25. The summed E-state index contributed by atoms with van der Waals surface area (Å²) in [7, 11) is 0. The van der Waals surface area contributed by atoms with E-state index in [0.717, 1.165) is 29.1 Å². The van der Waals surface area contributed by atoms with Crippen LogP contribution >= 0.6 is 11.8 Å². The number of rotatable bonds is 7. The van der Waals surface area contributed by atoms with Crippen LogP contribution in [0.15, 0.2) is 53.7 Å². The molecule has 0 spiro atoms. The Labute approximate surface area is 198 Å². The Morgan fingerprint density at radius 3 is 2.61 bits per heavy atom. The molecule has 2 heterocycles. The number of hydrogen-bond donors (Lipinski definition) is 0. The molecule has 0 N–H and O–H groups in total. The number of thioether (sulfide) groups is 1. The van der Waals surface area contributed by atoms with Gasteiger partial charge in [0.15, 0.2) is 5.69 Å². The molecule has 1 aliphatic heterocycles. The summed E-state index contributed by atoms with van der Waals surface area (Å²) in [5.41, 5.74) is 2.80. The van der Waals surface area contributed by atoms with Gasteiger partial charge in [-0.05, 0) is 42.7 Å². The van der Waals surface area contributed by atoms with Gasteiger partial charge in [0.05, 0.1) is 12.3 Å². The molecule has 1 atom stereocenters. The van der Waals surface area contributed by atoms with Crippen LogP contribution in [0.1, 0.15) is 45.9 Å². The standard InChI is InChI=1S/C25H28N4O3S/c1-5-14-31-19-12-10-18(11-13-19)24-29(17(4)30)21-9-7-6-8-20(21)22-23(32-24)26-25(28-27-22)33-15-16(2)3/h6-13,16,24H,5,14-15H2,1-4H3/t24-/m0/s1. The molecule has 0 radical (unpaired) electrons. The maximum Gasteiger partial charge on any atom is 0.247 e. The fourth-order valence-electron chi connectivity index (χ4n) is 3.52. The summed E-state index contributed by atoms with van der Waals surface area (Å²) < 4.78 is 12.1. The summed E-state index contributed by atoms with van der Waals surface area (Å²) >= 11 is 1.54. The molecule has 2 aromatic carbocycles. The van der Waals surface area contributed by atoms with Crippen LogP contribution in [0, 0.1) is 5.92 Å². The van der Waals surface area contributed by atoms with Gasteiger partial charge in [0.1, 0.15) is 5.75 Å². The fourth-order valence-corrected chi connectivity index (χ4v) is 4.25. The van der Waals surface area contributed by atoms with E-state index < -0.39 is 6.23 Å². The summed E-state index contributed by atoms with van der Waals surface area (Å²) in [4.78, 5) is 19.2. The lowest BCUT2D eigenvalue weighted by Gasteiger charge is -2.30. The Morgan fingerprint density at radius 1 is 1.15 bits per heavy atom. The highest BCUT2D eigenvalue weighted by atomic mass is 32.2. The number of amides is 1. The van der Waals surface area contributed by atoms with Crippen LogP contribution in [0.25, 0.3) is 11.3 Å². The Bertz CT molecular complexity index is 1120. The fraction of sp³-hybridized carbons (Fsp3) is 0.360. The van der Waals surface area contributed by atoms with Crippen molar-refractivity contribution in [3.8, 4) is 22.9 Å². The summed E-state index contributed by atoms with van der Waals surface area (Å²) in [5.74, 6) is 2.37. The zero-order chi connectivity index (χ0) is 23.4. The van der Waals surface area contributed by atoms with Crippen molar-refractivity contribution in [3.63, 3.8) is 0 Å². The van der Waals surface area contributed by atoms with Crippen molar-refractivity contribution < 1.29 is 14.3 Å². The van der Waals surface area contributed by atoms with Crippen molar-refractivity contribution >= 4 is 23.4 Å². The number of para-hydroxylation sites is 1.